The van der Waals surface area contributed by atoms with Crippen molar-refractivity contribution in [1.82, 2.24) is 5.32 Å². The Bertz CT molecular complexity index is 272. The average molecular weight is 252 g/mol. The van der Waals surface area contributed by atoms with Gasteiger partial charge >= 0.3 is 0 Å². The van der Waals surface area contributed by atoms with E-state index in [0.717, 1.165) is 19.3 Å². The highest BCUT2D eigenvalue weighted by molar-refractivity contribution is 5.79. The summed E-state index contributed by atoms with van der Waals surface area (Å²) in [6.45, 7) is 2.18. The van der Waals surface area contributed by atoms with E-state index in [4.69, 9.17) is 5.73 Å². The van der Waals surface area contributed by atoms with Gasteiger partial charge in [0.25, 0.3) is 0 Å². The Morgan fingerprint density at radius 3 is 2.33 bits per heavy atom. The summed E-state index contributed by atoms with van der Waals surface area (Å²) >= 11 is 0. The zero-order chi connectivity index (χ0) is 13.0. The molecule has 0 aromatic carbocycles. The lowest BCUT2D eigenvalue weighted by molar-refractivity contribution is -0.127. The van der Waals surface area contributed by atoms with Gasteiger partial charge in [-0.15, -0.1) is 0 Å². The van der Waals surface area contributed by atoms with Crippen molar-refractivity contribution < 1.29 is 4.79 Å². The first-order valence-electron chi connectivity index (χ1n) is 7.72. The van der Waals surface area contributed by atoms with E-state index in [1.807, 2.05) is 0 Å². The van der Waals surface area contributed by atoms with E-state index in [1.165, 1.54) is 38.5 Å². The number of hydrogen-bond acceptors (Lipinski definition) is 2. The van der Waals surface area contributed by atoms with E-state index in [9.17, 15) is 4.79 Å². The predicted octanol–water partition coefficient (Wildman–Crippen LogP) is 2.59. The van der Waals surface area contributed by atoms with Crippen LogP contribution in [0.1, 0.15) is 64.7 Å². The molecule has 104 valence electrons. The van der Waals surface area contributed by atoms with Crippen LogP contribution in [0, 0.1) is 11.8 Å². The lowest BCUT2D eigenvalue weighted by Gasteiger charge is -2.32. The lowest BCUT2D eigenvalue weighted by atomic mass is 9.79. The molecular formula is C15H28N2O. The van der Waals surface area contributed by atoms with Crippen LogP contribution in [0.4, 0.5) is 0 Å². The van der Waals surface area contributed by atoms with Crippen LogP contribution in [0.5, 0.6) is 0 Å². The summed E-state index contributed by atoms with van der Waals surface area (Å²) in [5.74, 6) is 0.993. The van der Waals surface area contributed by atoms with Crippen LogP contribution in [-0.2, 0) is 4.79 Å². The molecule has 3 N–H and O–H groups in total. The zero-order valence-corrected chi connectivity index (χ0v) is 11.7. The predicted molar refractivity (Wildman–Crippen MR) is 74.1 cm³/mol. The number of carbonyl (C=O) groups is 1. The third-order valence-electron chi connectivity index (χ3n) is 4.81. The first kappa shape index (κ1) is 13.9. The Hall–Kier alpha value is -0.570. The molecule has 1 amide bonds. The number of amides is 1. The smallest absolute Gasteiger partial charge is 0.223 e. The van der Waals surface area contributed by atoms with Gasteiger partial charge in [-0.25, -0.2) is 0 Å². The van der Waals surface area contributed by atoms with Crippen molar-refractivity contribution in [3.8, 4) is 0 Å². The molecular weight excluding hydrogens is 224 g/mol. The first-order valence-corrected chi connectivity index (χ1v) is 7.72. The van der Waals surface area contributed by atoms with E-state index in [1.54, 1.807) is 0 Å². The molecule has 3 unspecified atom stereocenters. The Balaban J connectivity index is 1.80. The summed E-state index contributed by atoms with van der Waals surface area (Å²) in [5.41, 5.74) is 6.01. The van der Waals surface area contributed by atoms with Gasteiger partial charge in [-0.1, -0.05) is 32.6 Å². The maximum atomic E-state index is 12.3. The SMILES string of the molecule is CC1CC(C(=O)NC2CCCCCC2)CCC1N. The second-order valence-corrected chi connectivity index (χ2v) is 6.35. The molecule has 0 spiro atoms. The van der Waals surface area contributed by atoms with Gasteiger partial charge in [-0.2, -0.15) is 0 Å². The maximum Gasteiger partial charge on any atom is 0.223 e. The molecule has 0 radical (unpaired) electrons. The second kappa shape index (κ2) is 6.55. The standard InChI is InChI=1S/C15H28N2O/c1-11-10-12(8-9-14(11)16)15(18)17-13-6-4-2-3-5-7-13/h11-14H,2-10,16H2,1H3,(H,17,18). The second-order valence-electron chi connectivity index (χ2n) is 6.35. The van der Waals surface area contributed by atoms with Gasteiger partial charge in [0.1, 0.15) is 0 Å². The molecule has 3 nitrogen and oxygen atoms in total. The Morgan fingerprint density at radius 2 is 1.72 bits per heavy atom. The average Bonchev–Trinajstić information content (AvgIpc) is 2.61. The largest absolute Gasteiger partial charge is 0.353 e. The van der Waals surface area contributed by atoms with Crippen molar-refractivity contribution in [3.63, 3.8) is 0 Å². The molecule has 0 heterocycles. The molecule has 2 aliphatic rings. The van der Waals surface area contributed by atoms with E-state index in [-0.39, 0.29) is 5.92 Å². The topological polar surface area (TPSA) is 55.1 Å². The van der Waals surface area contributed by atoms with Crippen LogP contribution in [0.2, 0.25) is 0 Å². The molecule has 0 aromatic heterocycles. The molecule has 3 heteroatoms. The van der Waals surface area contributed by atoms with Gasteiger partial charge in [0.2, 0.25) is 5.91 Å². The van der Waals surface area contributed by atoms with Gasteiger partial charge in [-0.3, -0.25) is 4.79 Å². The van der Waals surface area contributed by atoms with Crippen LogP contribution in [0.3, 0.4) is 0 Å². The zero-order valence-electron chi connectivity index (χ0n) is 11.7. The molecule has 0 bridgehead atoms. The number of hydrogen-bond donors (Lipinski definition) is 2. The Labute approximate surface area is 111 Å². The Kier molecular flexibility index (Phi) is 5.04. The van der Waals surface area contributed by atoms with Crippen LogP contribution in [0.15, 0.2) is 0 Å². The minimum atomic E-state index is 0.211. The van der Waals surface area contributed by atoms with Gasteiger partial charge in [0.05, 0.1) is 0 Å². The van der Waals surface area contributed by atoms with Gasteiger partial charge in [0.15, 0.2) is 0 Å². The third-order valence-corrected chi connectivity index (χ3v) is 4.81. The van der Waals surface area contributed by atoms with Crippen molar-refractivity contribution in [2.24, 2.45) is 17.6 Å². The van der Waals surface area contributed by atoms with Crippen LogP contribution >= 0.6 is 0 Å². The fourth-order valence-electron chi connectivity index (χ4n) is 3.40. The highest BCUT2D eigenvalue weighted by Gasteiger charge is 2.30. The summed E-state index contributed by atoms with van der Waals surface area (Å²) in [7, 11) is 0. The van der Waals surface area contributed by atoms with E-state index < -0.39 is 0 Å². The first-order chi connectivity index (χ1) is 8.66. The van der Waals surface area contributed by atoms with Crippen LogP contribution in [-0.4, -0.2) is 18.0 Å². The highest BCUT2D eigenvalue weighted by atomic mass is 16.1. The number of nitrogens with two attached hydrogens (primary N) is 1. The van der Waals surface area contributed by atoms with Gasteiger partial charge in [-0.05, 0) is 38.0 Å². The number of nitrogens with one attached hydrogen (secondary N) is 1. The monoisotopic (exact) mass is 252 g/mol. The van der Waals surface area contributed by atoms with Crippen molar-refractivity contribution >= 4 is 5.91 Å². The molecule has 2 fully saturated rings. The molecule has 0 aliphatic heterocycles. The van der Waals surface area contributed by atoms with Crippen molar-refractivity contribution in [2.45, 2.75) is 76.8 Å². The van der Waals surface area contributed by atoms with Crippen LogP contribution in [0.25, 0.3) is 0 Å². The molecule has 2 rings (SSSR count). The van der Waals surface area contributed by atoms with Crippen LogP contribution < -0.4 is 11.1 Å². The molecule has 3 atom stereocenters. The Morgan fingerprint density at radius 1 is 1.06 bits per heavy atom. The van der Waals surface area contributed by atoms with Gasteiger partial charge < -0.3 is 11.1 Å². The molecule has 0 aromatic rings. The number of carbonyl (C=O) groups excluding carboxylic acids is 1. The fourth-order valence-corrected chi connectivity index (χ4v) is 3.40. The fraction of sp³-hybridized carbons (Fsp3) is 0.933. The van der Waals surface area contributed by atoms with E-state index in [0.29, 0.717) is 23.9 Å². The quantitative estimate of drug-likeness (QED) is 0.742. The summed E-state index contributed by atoms with van der Waals surface area (Å²) in [6, 6.07) is 0.734. The third kappa shape index (κ3) is 3.71. The lowest BCUT2D eigenvalue weighted by Crippen LogP contribution is -2.43. The summed E-state index contributed by atoms with van der Waals surface area (Å²) in [5, 5.41) is 3.28. The number of rotatable bonds is 2. The highest BCUT2D eigenvalue weighted by Crippen LogP contribution is 2.28. The van der Waals surface area contributed by atoms with E-state index >= 15 is 0 Å². The summed E-state index contributed by atoms with van der Waals surface area (Å²) in [6.07, 6.45) is 10.5. The molecule has 2 aliphatic carbocycles. The minimum absolute atomic E-state index is 0.211. The normalized spacial score (nSPS) is 34.9. The molecule has 18 heavy (non-hydrogen) atoms. The van der Waals surface area contributed by atoms with E-state index in [2.05, 4.69) is 12.2 Å². The minimum Gasteiger partial charge on any atom is -0.353 e. The molecule has 0 saturated heterocycles. The van der Waals surface area contributed by atoms with Gasteiger partial charge in [0, 0.05) is 18.0 Å². The van der Waals surface area contributed by atoms with Crippen molar-refractivity contribution in [2.75, 3.05) is 0 Å². The maximum absolute atomic E-state index is 12.3. The summed E-state index contributed by atoms with van der Waals surface area (Å²) in [4.78, 5) is 12.3. The van der Waals surface area contributed by atoms with Crippen molar-refractivity contribution in [3.05, 3.63) is 0 Å². The molecule has 2 saturated carbocycles. The summed E-state index contributed by atoms with van der Waals surface area (Å²) < 4.78 is 0. The van der Waals surface area contributed by atoms with Crippen molar-refractivity contribution in [1.29, 1.82) is 0 Å².